The molecule has 20 heavy (non-hydrogen) atoms. The fourth-order valence-electron chi connectivity index (χ4n) is 3.55. The van der Waals surface area contributed by atoms with Crippen LogP contribution in [0, 0.1) is 12.8 Å². The van der Waals surface area contributed by atoms with Gasteiger partial charge in [0.2, 0.25) is 0 Å². The van der Waals surface area contributed by atoms with Gasteiger partial charge >= 0.3 is 0 Å². The second kappa shape index (κ2) is 5.34. The van der Waals surface area contributed by atoms with Crippen molar-refractivity contribution in [2.45, 2.75) is 44.8 Å². The molecule has 1 N–H and O–H groups in total. The van der Waals surface area contributed by atoms with E-state index >= 15 is 0 Å². The minimum Gasteiger partial charge on any atom is -0.390 e. The lowest BCUT2D eigenvalue weighted by atomic mass is 9.79. The van der Waals surface area contributed by atoms with Crippen LogP contribution >= 0.6 is 0 Å². The molecule has 1 aromatic heterocycles. The van der Waals surface area contributed by atoms with Crippen molar-refractivity contribution in [3.05, 3.63) is 23.9 Å². The second-order valence-electron chi connectivity index (χ2n) is 6.38. The third-order valence-electron chi connectivity index (χ3n) is 4.81. The molecule has 0 saturated carbocycles. The minimum atomic E-state index is -0.630. The molecule has 0 aliphatic carbocycles. The first-order valence-electron chi connectivity index (χ1n) is 7.57. The van der Waals surface area contributed by atoms with Gasteiger partial charge in [0.25, 0.3) is 0 Å². The van der Waals surface area contributed by atoms with Crippen LogP contribution in [0.3, 0.4) is 0 Å². The lowest BCUT2D eigenvalue weighted by Gasteiger charge is -2.43. The van der Waals surface area contributed by atoms with E-state index in [0.717, 1.165) is 31.6 Å². The largest absolute Gasteiger partial charge is 0.390 e. The molecule has 3 atom stereocenters. The predicted octanol–water partition coefficient (Wildman–Crippen LogP) is 2.15. The molecule has 2 saturated heterocycles. The third kappa shape index (κ3) is 2.54. The van der Waals surface area contributed by atoms with E-state index in [2.05, 4.69) is 22.9 Å². The molecule has 3 heterocycles. The van der Waals surface area contributed by atoms with Crippen LogP contribution in [0.2, 0.25) is 0 Å². The van der Waals surface area contributed by atoms with E-state index in [-0.39, 0.29) is 5.92 Å². The number of aryl methyl sites for hydroxylation is 1. The van der Waals surface area contributed by atoms with Crippen LogP contribution in [0.4, 0.5) is 5.82 Å². The van der Waals surface area contributed by atoms with Crippen molar-refractivity contribution in [1.29, 1.82) is 0 Å². The summed E-state index contributed by atoms with van der Waals surface area (Å²) in [7, 11) is 0. The van der Waals surface area contributed by atoms with Gasteiger partial charge in [-0.15, -0.1) is 0 Å². The summed E-state index contributed by atoms with van der Waals surface area (Å²) in [5.41, 5.74) is 0.599. The van der Waals surface area contributed by atoms with Crippen LogP contribution in [-0.2, 0) is 4.74 Å². The van der Waals surface area contributed by atoms with Crippen molar-refractivity contribution in [1.82, 2.24) is 4.98 Å². The average Bonchev–Trinajstić information content (AvgIpc) is 2.87. The molecule has 0 bridgehead atoms. The lowest BCUT2D eigenvalue weighted by Crippen LogP contribution is -2.52. The maximum absolute atomic E-state index is 10.7. The third-order valence-corrected chi connectivity index (χ3v) is 4.81. The van der Waals surface area contributed by atoms with E-state index in [1.807, 2.05) is 19.2 Å². The summed E-state index contributed by atoms with van der Waals surface area (Å²) in [6.45, 7) is 6.39. The van der Waals surface area contributed by atoms with Crippen molar-refractivity contribution >= 4 is 5.82 Å². The average molecular weight is 276 g/mol. The number of hydrogen-bond donors (Lipinski definition) is 1. The van der Waals surface area contributed by atoms with Gasteiger partial charge < -0.3 is 14.7 Å². The number of hydrogen-bond acceptors (Lipinski definition) is 4. The van der Waals surface area contributed by atoms with Crippen LogP contribution in [0.5, 0.6) is 0 Å². The first kappa shape index (κ1) is 13.8. The first-order chi connectivity index (χ1) is 9.58. The molecule has 3 rings (SSSR count). The summed E-state index contributed by atoms with van der Waals surface area (Å²) < 4.78 is 5.63. The Morgan fingerprint density at radius 3 is 3.10 bits per heavy atom. The number of aromatic nitrogens is 1. The highest BCUT2D eigenvalue weighted by molar-refractivity contribution is 5.43. The molecule has 1 aromatic rings. The van der Waals surface area contributed by atoms with Gasteiger partial charge in [-0.1, -0.05) is 0 Å². The van der Waals surface area contributed by atoms with Gasteiger partial charge in [-0.2, -0.15) is 0 Å². The molecular weight excluding hydrogens is 252 g/mol. The fourth-order valence-corrected chi connectivity index (χ4v) is 3.55. The van der Waals surface area contributed by atoms with Crippen molar-refractivity contribution in [3.8, 4) is 0 Å². The highest BCUT2D eigenvalue weighted by Crippen LogP contribution is 2.37. The number of ether oxygens (including phenoxy) is 1. The maximum atomic E-state index is 10.7. The van der Waals surface area contributed by atoms with Crippen molar-refractivity contribution in [2.24, 2.45) is 5.92 Å². The molecule has 0 spiro atoms. The number of nitrogens with zero attached hydrogens (tertiary/aromatic N) is 2. The predicted molar refractivity (Wildman–Crippen MR) is 78.9 cm³/mol. The molecular formula is C16H24N2O2. The molecule has 0 unspecified atom stereocenters. The Labute approximate surface area is 120 Å². The maximum Gasteiger partial charge on any atom is 0.128 e. The van der Waals surface area contributed by atoms with E-state index in [4.69, 9.17) is 4.74 Å². The normalized spacial score (nSPS) is 34.5. The van der Waals surface area contributed by atoms with Crippen molar-refractivity contribution < 1.29 is 9.84 Å². The zero-order chi connectivity index (χ0) is 14.2. The quantitative estimate of drug-likeness (QED) is 0.899. The first-order valence-corrected chi connectivity index (χ1v) is 7.57. The van der Waals surface area contributed by atoms with Crippen LogP contribution in [0.25, 0.3) is 0 Å². The summed E-state index contributed by atoms with van der Waals surface area (Å²) in [6, 6.07) is 4.49. The highest BCUT2D eigenvalue weighted by Gasteiger charge is 2.44. The van der Waals surface area contributed by atoms with Crippen LogP contribution in [-0.4, -0.2) is 41.5 Å². The molecule has 0 radical (unpaired) electrons. The van der Waals surface area contributed by atoms with Gasteiger partial charge in [0.1, 0.15) is 5.82 Å². The van der Waals surface area contributed by atoms with Crippen molar-refractivity contribution in [3.63, 3.8) is 0 Å². The van der Waals surface area contributed by atoms with E-state index in [9.17, 15) is 5.11 Å². The van der Waals surface area contributed by atoms with Gasteiger partial charge in [-0.3, -0.25) is 0 Å². The summed E-state index contributed by atoms with van der Waals surface area (Å²) >= 11 is 0. The van der Waals surface area contributed by atoms with Gasteiger partial charge in [0.05, 0.1) is 12.2 Å². The zero-order valence-corrected chi connectivity index (χ0v) is 12.4. The second-order valence-corrected chi connectivity index (χ2v) is 6.38. The topological polar surface area (TPSA) is 45.6 Å². The van der Waals surface area contributed by atoms with E-state index in [1.54, 1.807) is 0 Å². The molecule has 0 aromatic carbocycles. The Balaban J connectivity index is 1.85. The van der Waals surface area contributed by atoms with E-state index in [0.29, 0.717) is 19.3 Å². The SMILES string of the molecule is Cc1ccnc(N2CCC[C@@H]2[C@H]2COCC[C@]2(C)O)c1. The number of anilines is 1. The molecule has 0 amide bonds. The van der Waals surface area contributed by atoms with Crippen LogP contribution < -0.4 is 4.90 Å². The van der Waals surface area contributed by atoms with Crippen LogP contribution in [0.1, 0.15) is 31.7 Å². The Hall–Kier alpha value is -1.13. The van der Waals surface area contributed by atoms with E-state index in [1.165, 1.54) is 5.56 Å². The zero-order valence-electron chi connectivity index (χ0n) is 12.4. The summed E-state index contributed by atoms with van der Waals surface area (Å²) in [4.78, 5) is 6.88. The van der Waals surface area contributed by atoms with Crippen molar-refractivity contribution in [2.75, 3.05) is 24.7 Å². The number of aliphatic hydroxyl groups is 1. The van der Waals surface area contributed by atoms with E-state index < -0.39 is 5.60 Å². The minimum absolute atomic E-state index is 0.168. The summed E-state index contributed by atoms with van der Waals surface area (Å²) in [5.74, 6) is 1.20. The standard InChI is InChI=1S/C16H24N2O2/c1-12-5-7-17-15(10-12)18-8-3-4-14(18)13-11-20-9-6-16(13,2)19/h5,7,10,13-14,19H,3-4,6,8-9,11H2,1-2H3/t13-,14-,16+/m1/s1. The van der Waals surface area contributed by atoms with Gasteiger partial charge in [-0.05, 0) is 50.8 Å². The van der Waals surface area contributed by atoms with Gasteiger partial charge in [0, 0.05) is 31.3 Å². The monoisotopic (exact) mass is 276 g/mol. The molecule has 2 fully saturated rings. The molecule has 2 aliphatic rings. The van der Waals surface area contributed by atoms with Gasteiger partial charge in [-0.25, -0.2) is 4.98 Å². The molecule has 4 heteroatoms. The Bertz CT molecular complexity index is 475. The summed E-state index contributed by atoms with van der Waals surface area (Å²) in [5, 5.41) is 10.7. The Morgan fingerprint density at radius 1 is 1.50 bits per heavy atom. The smallest absolute Gasteiger partial charge is 0.128 e. The Morgan fingerprint density at radius 2 is 2.35 bits per heavy atom. The number of pyridine rings is 1. The number of rotatable bonds is 2. The lowest BCUT2D eigenvalue weighted by molar-refractivity contribution is -0.108. The molecule has 2 aliphatic heterocycles. The summed E-state index contributed by atoms with van der Waals surface area (Å²) in [6.07, 6.45) is 4.87. The van der Waals surface area contributed by atoms with Gasteiger partial charge in [0.15, 0.2) is 0 Å². The molecule has 110 valence electrons. The fraction of sp³-hybridized carbons (Fsp3) is 0.688. The van der Waals surface area contributed by atoms with Crippen LogP contribution in [0.15, 0.2) is 18.3 Å². The molecule has 4 nitrogen and oxygen atoms in total. The highest BCUT2D eigenvalue weighted by atomic mass is 16.5. The Kier molecular flexibility index (Phi) is 3.69.